The van der Waals surface area contributed by atoms with Gasteiger partial charge in [-0.1, -0.05) is 30.3 Å². The van der Waals surface area contributed by atoms with Gasteiger partial charge in [-0.25, -0.2) is 0 Å². The number of rotatable bonds is 24. The molecular weight excluding hydrogens is 662 g/mol. The average Bonchev–Trinajstić information content (AvgIpc) is 3.05. The number of aliphatic hydroxyl groups is 1. The highest BCUT2D eigenvalue weighted by atomic mass is 16.6. The molecule has 50 heavy (non-hydrogen) atoms. The Morgan fingerprint density at radius 1 is 0.760 bits per heavy atom. The summed E-state index contributed by atoms with van der Waals surface area (Å²) >= 11 is 0. The molecule has 0 saturated carbocycles. The van der Waals surface area contributed by atoms with Gasteiger partial charge < -0.3 is 57.8 Å². The van der Waals surface area contributed by atoms with Gasteiger partial charge >= 0.3 is 17.9 Å². The van der Waals surface area contributed by atoms with Gasteiger partial charge in [-0.2, -0.15) is 0 Å². The van der Waals surface area contributed by atoms with Gasteiger partial charge in [0.05, 0.1) is 66.1 Å². The fraction of sp³-hybridized carbons (Fsp3) is 0.588. The van der Waals surface area contributed by atoms with Crippen LogP contribution in [0.5, 0.6) is 0 Å². The van der Waals surface area contributed by atoms with Crippen LogP contribution in [0.4, 0.5) is 0 Å². The summed E-state index contributed by atoms with van der Waals surface area (Å²) in [6.45, 7) is 7.30. The van der Waals surface area contributed by atoms with Crippen LogP contribution in [-0.2, 0) is 73.2 Å². The van der Waals surface area contributed by atoms with Gasteiger partial charge in [-0.05, 0) is 5.56 Å². The quantitative estimate of drug-likeness (QED) is 0.0886. The molecule has 1 aromatic rings. The Labute approximate surface area is 291 Å². The Bertz CT molecular complexity index is 1220. The largest absolute Gasteiger partial charge is 0.490 e. The number of hydrogen-bond acceptors (Lipinski definition) is 15. The van der Waals surface area contributed by atoms with Crippen LogP contribution in [-0.4, -0.2) is 126 Å². The van der Waals surface area contributed by atoms with Crippen molar-refractivity contribution in [2.24, 2.45) is 0 Å². The van der Waals surface area contributed by atoms with Crippen molar-refractivity contribution in [1.29, 1.82) is 0 Å². The lowest BCUT2D eigenvalue weighted by Crippen LogP contribution is -2.43. The van der Waals surface area contributed by atoms with E-state index in [1.807, 2.05) is 30.3 Å². The van der Waals surface area contributed by atoms with E-state index in [1.165, 1.54) is 33.1 Å². The van der Waals surface area contributed by atoms with Gasteiger partial charge in [0.2, 0.25) is 5.91 Å². The van der Waals surface area contributed by atoms with Crippen molar-refractivity contribution >= 4 is 23.8 Å². The minimum absolute atomic E-state index is 0.0115. The van der Waals surface area contributed by atoms with Gasteiger partial charge in [0.1, 0.15) is 37.4 Å². The predicted molar refractivity (Wildman–Crippen MR) is 174 cm³/mol. The van der Waals surface area contributed by atoms with E-state index < -0.39 is 48.2 Å². The summed E-state index contributed by atoms with van der Waals surface area (Å²) in [7, 11) is 0. The molecule has 0 saturated heterocycles. The molecule has 280 valence electrons. The molecule has 2 rings (SSSR count). The molecule has 0 fully saturated rings. The normalized spacial score (nSPS) is 18.9. The lowest BCUT2D eigenvalue weighted by atomic mass is 10.1. The van der Waals surface area contributed by atoms with Crippen molar-refractivity contribution in [3.63, 3.8) is 0 Å². The fourth-order valence-corrected chi connectivity index (χ4v) is 4.20. The highest BCUT2D eigenvalue weighted by molar-refractivity contribution is 5.74. The number of carbonyl (C=O) groups excluding carboxylic acids is 4. The molecule has 1 aliphatic heterocycles. The number of aliphatic hydroxyl groups excluding tert-OH is 1. The van der Waals surface area contributed by atoms with E-state index in [2.05, 4.69) is 5.32 Å². The molecule has 0 unspecified atom stereocenters. The lowest BCUT2D eigenvalue weighted by molar-refractivity contribution is -0.155. The van der Waals surface area contributed by atoms with Gasteiger partial charge in [0.25, 0.3) is 0 Å². The number of nitrogens with one attached hydrogen (secondary N) is 1. The third-order valence-corrected chi connectivity index (χ3v) is 6.33. The number of amides is 1. The number of carbonyl (C=O) groups is 4. The molecule has 4 atom stereocenters. The smallest absolute Gasteiger partial charge is 0.307 e. The lowest BCUT2D eigenvalue weighted by Gasteiger charge is -2.30. The van der Waals surface area contributed by atoms with Gasteiger partial charge in [-0.3, -0.25) is 19.2 Å². The third kappa shape index (κ3) is 19.2. The van der Waals surface area contributed by atoms with Crippen LogP contribution >= 0.6 is 0 Å². The van der Waals surface area contributed by atoms with Crippen molar-refractivity contribution < 1.29 is 71.7 Å². The van der Waals surface area contributed by atoms with Crippen molar-refractivity contribution in [2.45, 2.75) is 58.7 Å². The van der Waals surface area contributed by atoms with Crippen LogP contribution in [0.3, 0.4) is 0 Å². The second-order valence-electron chi connectivity index (χ2n) is 10.8. The van der Waals surface area contributed by atoms with Gasteiger partial charge in [0.15, 0.2) is 18.0 Å². The summed E-state index contributed by atoms with van der Waals surface area (Å²) in [5.74, 6) is -2.49. The zero-order valence-corrected chi connectivity index (χ0v) is 29.0. The summed E-state index contributed by atoms with van der Waals surface area (Å²) in [5, 5.41) is 12.6. The number of hydrogen-bond donors (Lipinski definition) is 2. The molecule has 1 aromatic carbocycles. The Hall–Kier alpha value is -4.06. The highest BCUT2D eigenvalue weighted by Crippen LogP contribution is 2.23. The van der Waals surface area contributed by atoms with Crippen LogP contribution < -0.4 is 5.32 Å². The second-order valence-corrected chi connectivity index (χ2v) is 10.8. The Morgan fingerprint density at radius 3 is 1.94 bits per heavy atom. The first kappa shape index (κ1) is 42.1. The molecule has 1 heterocycles. The van der Waals surface area contributed by atoms with Gasteiger partial charge in [0, 0.05) is 33.8 Å². The summed E-state index contributed by atoms with van der Waals surface area (Å²) in [6.07, 6.45) is -0.450. The molecule has 0 bridgehead atoms. The van der Waals surface area contributed by atoms with E-state index in [-0.39, 0.29) is 51.2 Å². The van der Waals surface area contributed by atoms with E-state index in [1.54, 1.807) is 0 Å². The first-order valence-corrected chi connectivity index (χ1v) is 16.1. The van der Waals surface area contributed by atoms with E-state index in [9.17, 15) is 24.3 Å². The second kappa shape index (κ2) is 25.0. The maximum atomic E-state index is 12.1. The van der Waals surface area contributed by atoms with Crippen molar-refractivity contribution in [3.05, 3.63) is 59.8 Å². The first-order chi connectivity index (χ1) is 24.0. The molecule has 2 N–H and O–H groups in total. The molecule has 1 amide bonds. The van der Waals surface area contributed by atoms with E-state index in [0.29, 0.717) is 39.6 Å². The minimum atomic E-state index is -1.15. The van der Waals surface area contributed by atoms with E-state index in [4.69, 9.17) is 47.4 Å². The van der Waals surface area contributed by atoms with Crippen LogP contribution in [0, 0.1) is 0 Å². The number of esters is 3. The van der Waals surface area contributed by atoms with Crippen molar-refractivity contribution in [2.75, 3.05) is 72.7 Å². The summed E-state index contributed by atoms with van der Waals surface area (Å²) in [4.78, 5) is 47.2. The van der Waals surface area contributed by atoms with Crippen LogP contribution in [0.1, 0.15) is 33.3 Å². The SMILES string of the molecule is CC(=O)N[C@H]1C(OCCOCCOCCOCCOC[C@H](O)COCc2ccccc2)=CO[C@H](COC(C)=O)[C@H](OC(C)=O)/C=C/1OC(C)=O. The third-order valence-electron chi connectivity index (χ3n) is 6.33. The van der Waals surface area contributed by atoms with Crippen LogP contribution in [0.15, 0.2) is 54.2 Å². The van der Waals surface area contributed by atoms with Crippen molar-refractivity contribution in [3.8, 4) is 0 Å². The van der Waals surface area contributed by atoms with Gasteiger partial charge in [-0.15, -0.1) is 0 Å². The zero-order valence-electron chi connectivity index (χ0n) is 29.0. The first-order valence-electron chi connectivity index (χ1n) is 16.1. The maximum Gasteiger partial charge on any atom is 0.307 e. The average molecular weight is 712 g/mol. The van der Waals surface area contributed by atoms with Crippen LogP contribution in [0.2, 0.25) is 0 Å². The fourth-order valence-electron chi connectivity index (χ4n) is 4.20. The number of benzene rings is 1. The van der Waals surface area contributed by atoms with E-state index in [0.717, 1.165) is 12.5 Å². The topological polar surface area (TPSA) is 193 Å². The zero-order chi connectivity index (χ0) is 36.6. The molecule has 0 aromatic heterocycles. The molecule has 0 radical (unpaired) electrons. The molecule has 16 heteroatoms. The Balaban J connectivity index is 1.69. The van der Waals surface area contributed by atoms with Crippen molar-refractivity contribution in [1.82, 2.24) is 5.32 Å². The molecule has 0 spiro atoms. The standard InChI is InChI=1S/C34H49NO15/c1-24(36)35-34-31(50-27(4)39)18-30(49-26(3)38)32(22-47-25(2)37)48-23-33(34)46-17-16-43-13-12-41-10-11-42-14-15-44-20-29(40)21-45-19-28-8-6-5-7-9-28/h5-9,18,23,29-30,32,34,40H,10-17,19-22H2,1-4H3,(H,35,36)/b31-18-,33-23?/t29-,30+,32+,34+/m0/s1. The molecular formula is C34H49NO15. The number of ether oxygens (including phenoxy) is 10. The minimum Gasteiger partial charge on any atom is -0.490 e. The molecule has 1 aliphatic rings. The highest BCUT2D eigenvalue weighted by Gasteiger charge is 2.34. The monoisotopic (exact) mass is 711 g/mol. The summed E-state index contributed by atoms with van der Waals surface area (Å²) in [6, 6.07) is 8.57. The predicted octanol–water partition coefficient (Wildman–Crippen LogP) is 1.33. The molecule has 0 aliphatic carbocycles. The maximum absolute atomic E-state index is 12.1. The van der Waals surface area contributed by atoms with E-state index >= 15 is 0 Å². The summed E-state index contributed by atoms with van der Waals surface area (Å²) in [5.41, 5.74) is 1.03. The Kier molecular flexibility index (Phi) is 21.0. The molecule has 16 nitrogen and oxygen atoms in total. The summed E-state index contributed by atoms with van der Waals surface area (Å²) < 4.78 is 54.7. The van der Waals surface area contributed by atoms with Crippen LogP contribution in [0.25, 0.3) is 0 Å². The Morgan fingerprint density at radius 2 is 1.36 bits per heavy atom.